The number of esters is 1. The second-order valence-electron chi connectivity index (χ2n) is 5.52. The molecule has 2 aromatic rings. The second-order valence-corrected chi connectivity index (χ2v) is 6.43. The number of nitrogens with one attached hydrogen (secondary N) is 1. The summed E-state index contributed by atoms with van der Waals surface area (Å²) in [4.78, 5) is 24.3. The topological polar surface area (TPSA) is 73.9 Å². The van der Waals surface area contributed by atoms with Crippen molar-refractivity contribution in [3.63, 3.8) is 0 Å². The summed E-state index contributed by atoms with van der Waals surface area (Å²) in [5.41, 5.74) is 1.63. The Bertz CT molecular complexity index is 776. The van der Waals surface area contributed by atoms with E-state index in [9.17, 15) is 9.59 Å². The van der Waals surface area contributed by atoms with Gasteiger partial charge in [-0.15, -0.1) is 0 Å². The van der Waals surface area contributed by atoms with Gasteiger partial charge in [-0.2, -0.15) is 0 Å². The van der Waals surface area contributed by atoms with Crippen LogP contribution in [0.25, 0.3) is 0 Å². The molecule has 0 aliphatic rings. The van der Waals surface area contributed by atoms with Gasteiger partial charge in [-0.1, -0.05) is 34.1 Å². The Labute approximate surface area is 160 Å². The van der Waals surface area contributed by atoms with Crippen LogP contribution in [0.1, 0.15) is 17.2 Å². The van der Waals surface area contributed by atoms with Crippen molar-refractivity contribution >= 4 is 27.8 Å². The first-order valence-corrected chi connectivity index (χ1v) is 8.64. The molecule has 26 heavy (non-hydrogen) atoms. The number of hydrogen-bond donors (Lipinski definition) is 1. The minimum atomic E-state index is -0.913. The zero-order valence-electron chi connectivity index (χ0n) is 14.7. The fourth-order valence-electron chi connectivity index (χ4n) is 2.29. The maximum Gasteiger partial charge on any atom is 0.333 e. The number of carbonyl (C=O) groups is 2. The van der Waals surface area contributed by atoms with Gasteiger partial charge in [-0.25, -0.2) is 4.79 Å². The van der Waals surface area contributed by atoms with Gasteiger partial charge >= 0.3 is 5.97 Å². The lowest BCUT2D eigenvalue weighted by atomic mass is 10.1. The molecule has 1 amide bonds. The van der Waals surface area contributed by atoms with Crippen LogP contribution < -0.4 is 14.8 Å². The molecule has 0 aliphatic heterocycles. The summed E-state index contributed by atoms with van der Waals surface area (Å²) in [6.45, 7) is 1.67. The molecule has 2 aromatic carbocycles. The van der Waals surface area contributed by atoms with E-state index in [1.54, 1.807) is 30.3 Å². The van der Waals surface area contributed by atoms with Crippen LogP contribution in [0.15, 0.2) is 46.9 Å². The predicted octanol–water partition coefficient (Wildman–Crippen LogP) is 3.18. The second kappa shape index (κ2) is 9.24. The fourth-order valence-corrected chi connectivity index (χ4v) is 2.56. The van der Waals surface area contributed by atoms with Crippen molar-refractivity contribution in [1.82, 2.24) is 5.32 Å². The number of methoxy groups -OCH3 is 2. The zero-order chi connectivity index (χ0) is 19.1. The average Bonchev–Trinajstić information content (AvgIpc) is 2.65. The normalized spacial score (nSPS) is 11.4. The highest BCUT2D eigenvalue weighted by molar-refractivity contribution is 9.10. The van der Waals surface area contributed by atoms with E-state index >= 15 is 0 Å². The van der Waals surface area contributed by atoms with E-state index in [2.05, 4.69) is 21.2 Å². The summed E-state index contributed by atoms with van der Waals surface area (Å²) in [6.07, 6.45) is 0. The third-order valence-electron chi connectivity index (χ3n) is 3.62. The number of halogens is 1. The largest absolute Gasteiger partial charge is 0.493 e. The molecular weight excluding hydrogens is 402 g/mol. The fraction of sp³-hybridized carbons (Fsp3) is 0.263. The van der Waals surface area contributed by atoms with Gasteiger partial charge in [0.25, 0.3) is 5.91 Å². The van der Waals surface area contributed by atoms with Crippen LogP contribution in [0, 0.1) is 6.92 Å². The Morgan fingerprint density at radius 2 is 1.77 bits per heavy atom. The van der Waals surface area contributed by atoms with E-state index in [-0.39, 0.29) is 6.61 Å². The first-order chi connectivity index (χ1) is 12.4. The van der Waals surface area contributed by atoms with Crippen LogP contribution in [0.2, 0.25) is 0 Å². The Hall–Kier alpha value is -2.54. The number of hydrogen-bond acceptors (Lipinski definition) is 5. The summed E-state index contributed by atoms with van der Waals surface area (Å²) in [5, 5.41) is 2.63. The molecule has 0 heterocycles. The number of rotatable bonds is 7. The molecule has 138 valence electrons. The molecule has 0 fully saturated rings. The van der Waals surface area contributed by atoms with Crippen LogP contribution >= 0.6 is 15.9 Å². The third kappa shape index (κ3) is 5.23. The van der Waals surface area contributed by atoms with Gasteiger partial charge < -0.3 is 19.5 Å². The van der Waals surface area contributed by atoms with E-state index in [4.69, 9.17) is 14.2 Å². The molecular formula is C19H20BrNO5. The van der Waals surface area contributed by atoms with E-state index in [1.807, 2.05) is 19.1 Å². The molecule has 7 heteroatoms. The molecule has 0 saturated heterocycles. The van der Waals surface area contributed by atoms with Crippen molar-refractivity contribution in [3.8, 4) is 11.5 Å². The van der Waals surface area contributed by atoms with Crippen LogP contribution in [-0.2, 0) is 14.3 Å². The molecule has 6 nitrogen and oxygen atoms in total. The van der Waals surface area contributed by atoms with Crippen molar-refractivity contribution < 1.29 is 23.8 Å². The van der Waals surface area contributed by atoms with Crippen LogP contribution in [0.5, 0.6) is 11.5 Å². The Morgan fingerprint density at radius 1 is 1.08 bits per heavy atom. The summed E-state index contributed by atoms with van der Waals surface area (Å²) < 4.78 is 16.4. The highest BCUT2D eigenvalue weighted by Gasteiger charge is 2.23. The third-order valence-corrected chi connectivity index (χ3v) is 4.15. The van der Waals surface area contributed by atoms with Gasteiger partial charge in [-0.05, 0) is 42.3 Å². The number of amides is 1. The lowest BCUT2D eigenvalue weighted by Gasteiger charge is -2.17. The number of aryl methyl sites for hydroxylation is 1. The van der Waals surface area contributed by atoms with Crippen molar-refractivity contribution in [1.29, 1.82) is 0 Å². The Kier molecular flexibility index (Phi) is 7.03. The lowest BCUT2D eigenvalue weighted by Crippen LogP contribution is -2.37. The molecule has 0 aromatic heterocycles. The van der Waals surface area contributed by atoms with Crippen molar-refractivity contribution in [2.45, 2.75) is 13.0 Å². The van der Waals surface area contributed by atoms with Crippen molar-refractivity contribution in [2.75, 3.05) is 20.8 Å². The smallest absolute Gasteiger partial charge is 0.333 e. The van der Waals surface area contributed by atoms with Gasteiger partial charge in [0.2, 0.25) is 0 Å². The minimum Gasteiger partial charge on any atom is -0.493 e. The monoisotopic (exact) mass is 421 g/mol. The first kappa shape index (κ1) is 19.8. The molecule has 0 radical (unpaired) electrons. The average molecular weight is 422 g/mol. The number of carbonyl (C=O) groups excluding carboxylic acids is 2. The molecule has 0 saturated carbocycles. The minimum absolute atomic E-state index is 0.260. The summed E-state index contributed by atoms with van der Waals surface area (Å²) in [6, 6.07) is 11.5. The van der Waals surface area contributed by atoms with Gasteiger partial charge in [0.15, 0.2) is 24.1 Å². The van der Waals surface area contributed by atoms with E-state index in [0.717, 1.165) is 10.0 Å². The van der Waals surface area contributed by atoms with E-state index < -0.39 is 17.9 Å². The first-order valence-electron chi connectivity index (χ1n) is 7.84. The molecule has 1 unspecified atom stereocenters. The maximum atomic E-state index is 12.3. The van der Waals surface area contributed by atoms with Gasteiger partial charge in [0, 0.05) is 4.47 Å². The molecule has 2 rings (SSSR count). The standard InChI is InChI=1S/C19H20BrNO5/c1-12-4-9-15(16(10-12)24-2)26-11-17(22)21-18(19(23)25-3)13-5-7-14(20)8-6-13/h4-10,18H,11H2,1-3H3,(H,21,22). The van der Waals surface area contributed by atoms with E-state index in [1.165, 1.54) is 14.2 Å². The summed E-state index contributed by atoms with van der Waals surface area (Å²) in [7, 11) is 2.80. The highest BCUT2D eigenvalue weighted by Crippen LogP contribution is 2.27. The quantitative estimate of drug-likeness (QED) is 0.694. The highest BCUT2D eigenvalue weighted by atomic mass is 79.9. The van der Waals surface area contributed by atoms with E-state index in [0.29, 0.717) is 17.1 Å². The Morgan fingerprint density at radius 3 is 2.38 bits per heavy atom. The van der Waals surface area contributed by atoms with Gasteiger partial charge in [0.05, 0.1) is 14.2 Å². The van der Waals surface area contributed by atoms with Crippen LogP contribution in [0.3, 0.4) is 0 Å². The van der Waals surface area contributed by atoms with Crippen molar-refractivity contribution in [3.05, 3.63) is 58.1 Å². The zero-order valence-corrected chi connectivity index (χ0v) is 16.3. The lowest BCUT2D eigenvalue weighted by molar-refractivity contribution is -0.145. The molecule has 0 aliphatic carbocycles. The molecule has 0 spiro atoms. The Balaban J connectivity index is 2.05. The number of benzene rings is 2. The van der Waals surface area contributed by atoms with Crippen LogP contribution in [-0.4, -0.2) is 32.7 Å². The molecule has 1 N–H and O–H groups in total. The van der Waals surface area contributed by atoms with Gasteiger partial charge in [-0.3, -0.25) is 4.79 Å². The predicted molar refractivity (Wildman–Crippen MR) is 100 cm³/mol. The molecule has 1 atom stereocenters. The summed E-state index contributed by atoms with van der Waals surface area (Å²) in [5.74, 6) is -0.0266. The maximum absolute atomic E-state index is 12.3. The number of ether oxygens (including phenoxy) is 3. The SMILES string of the molecule is COC(=O)C(NC(=O)COc1ccc(C)cc1OC)c1ccc(Br)cc1. The van der Waals surface area contributed by atoms with Crippen molar-refractivity contribution in [2.24, 2.45) is 0 Å². The van der Waals surface area contributed by atoms with Crippen LogP contribution in [0.4, 0.5) is 0 Å². The van der Waals surface area contributed by atoms with Gasteiger partial charge in [0.1, 0.15) is 0 Å². The summed E-state index contributed by atoms with van der Waals surface area (Å²) >= 11 is 3.33. The molecule has 0 bridgehead atoms.